The number of rotatable bonds is 7. The molecule has 4 nitrogen and oxygen atoms in total. The lowest BCUT2D eigenvalue weighted by Crippen LogP contribution is -2.23. The van der Waals surface area contributed by atoms with E-state index < -0.39 is 18.0 Å². The van der Waals surface area contributed by atoms with Gasteiger partial charge in [-0.1, -0.05) is 89.2 Å². The minimum absolute atomic E-state index is 0.0186. The van der Waals surface area contributed by atoms with Crippen LogP contribution in [0.15, 0.2) is 78.9 Å². The van der Waals surface area contributed by atoms with Crippen LogP contribution in [0, 0.1) is 17.2 Å². The number of ether oxygens (including phenoxy) is 2. The second-order valence-corrected chi connectivity index (χ2v) is 9.53. The topological polar surface area (TPSA) is 59.3 Å². The lowest BCUT2D eigenvalue weighted by atomic mass is 9.83. The van der Waals surface area contributed by atoms with Gasteiger partial charge in [-0.3, -0.25) is 4.79 Å². The molecule has 33 heavy (non-hydrogen) atoms. The summed E-state index contributed by atoms with van der Waals surface area (Å²) in [6, 6.07) is 26.7. The number of benzene rings is 3. The summed E-state index contributed by atoms with van der Waals surface area (Å²) in [4.78, 5) is 13.2. The number of nitrogens with zero attached hydrogens (tertiary/aromatic N) is 1. The van der Waals surface area contributed by atoms with Crippen molar-refractivity contribution in [2.45, 2.75) is 52.1 Å². The Kier molecular flexibility index (Phi) is 7.55. The van der Waals surface area contributed by atoms with E-state index in [-0.39, 0.29) is 11.3 Å². The fourth-order valence-electron chi connectivity index (χ4n) is 3.71. The van der Waals surface area contributed by atoms with E-state index in [1.165, 1.54) is 5.56 Å². The van der Waals surface area contributed by atoms with Gasteiger partial charge in [0.1, 0.15) is 17.6 Å². The molecule has 0 saturated heterocycles. The van der Waals surface area contributed by atoms with E-state index in [1.807, 2.05) is 56.3 Å². The van der Waals surface area contributed by atoms with Crippen molar-refractivity contribution >= 4 is 5.97 Å². The van der Waals surface area contributed by atoms with E-state index in [0.717, 1.165) is 5.56 Å². The van der Waals surface area contributed by atoms with Gasteiger partial charge in [-0.15, -0.1) is 0 Å². The Morgan fingerprint density at radius 1 is 0.848 bits per heavy atom. The first-order chi connectivity index (χ1) is 15.7. The molecule has 0 radical (unpaired) electrons. The molecule has 0 spiro atoms. The Balaban J connectivity index is 1.79. The fraction of sp³-hybridized carbons (Fsp3) is 0.310. The Hall–Kier alpha value is -3.58. The van der Waals surface area contributed by atoms with Gasteiger partial charge in [-0.2, -0.15) is 5.26 Å². The minimum Gasteiger partial charge on any atom is -0.457 e. The summed E-state index contributed by atoms with van der Waals surface area (Å²) >= 11 is 0. The van der Waals surface area contributed by atoms with Gasteiger partial charge in [0.05, 0.1) is 5.92 Å². The SMILES string of the molecule is CC(C)C(C(=O)OC(C#N)c1cccc(Oc2ccccc2)c1)c1ccc(C(C)(C)C)cc1. The third-order valence-corrected chi connectivity index (χ3v) is 5.55. The molecule has 0 heterocycles. The number of hydrogen-bond acceptors (Lipinski definition) is 4. The van der Waals surface area contributed by atoms with E-state index in [4.69, 9.17) is 9.47 Å². The minimum atomic E-state index is -1.02. The first kappa shape index (κ1) is 24.1. The molecule has 0 aliphatic carbocycles. The molecular weight excluding hydrogens is 410 g/mol. The van der Waals surface area contributed by atoms with Crippen LogP contribution in [-0.4, -0.2) is 5.97 Å². The van der Waals surface area contributed by atoms with E-state index in [9.17, 15) is 10.1 Å². The summed E-state index contributed by atoms with van der Waals surface area (Å²) in [5.74, 6) is 0.421. The molecule has 2 unspecified atom stereocenters. The molecule has 2 atom stereocenters. The smallest absolute Gasteiger partial charge is 0.315 e. The summed E-state index contributed by atoms with van der Waals surface area (Å²) < 4.78 is 11.6. The largest absolute Gasteiger partial charge is 0.457 e. The molecule has 0 aliphatic rings. The lowest BCUT2D eigenvalue weighted by Gasteiger charge is -2.24. The maximum absolute atomic E-state index is 13.2. The molecule has 3 aromatic carbocycles. The molecule has 0 fully saturated rings. The molecule has 0 N–H and O–H groups in total. The van der Waals surface area contributed by atoms with Crippen molar-refractivity contribution in [3.05, 3.63) is 95.6 Å². The summed E-state index contributed by atoms with van der Waals surface area (Å²) in [5, 5.41) is 9.76. The second-order valence-electron chi connectivity index (χ2n) is 9.53. The average molecular weight is 442 g/mol. The van der Waals surface area contributed by atoms with Gasteiger partial charge in [0, 0.05) is 5.56 Å². The molecule has 170 valence electrons. The zero-order valence-corrected chi connectivity index (χ0v) is 19.9. The highest BCUT2D eigenvalue weighted by Crippen LogP contribution is 2.32. The molecule has 4 heteroatoms. The Labute approximate surface area is 196 Å². The summed E-state index contributed by atoms with van der Waals surface area (Å²) in [6.45, 7) is 10.4. The average Bonchev–Trinajstić information content (AvgIpc) is 2.78. The van der Waals surface area contributed by atoms with Crippen LogP contribution >= 0.6 is 0 Å². The predicted octanol–water partition coefficient (Wildman–Crippen LogP) is 7.32. The van der Waals surface area contributed by atoms with Crippen molar-refractivity contribution < 1.29 is 14.3 Å². The summed E-state index contributed by atoms with van der Waals surface area (Å²) in [6.07, 6.45) is -1.02. The van der Waals surface area contributed by atoms with Crippen molar-refractivity contribution in [3.63, 3.8) is 0 Å². The second kappa shape index (κ2) is 10.4. The van der Waals surface area contributed by atoms with Crippen molar-refractivity contribution in [1.29, 1.82) is 5.26 Å². The predicted molar refractivity (Wildman–Crippen MR) is 130 cm³/mol. The quantitative estimate of drug-likeness (QED) is 0.360. The van der Waals surface area contributed by atoms with Crippen molar-refractivity contribution in [1.82, 2.24) is 0 Å². The highest BCUT2D eigenvalue weighted by atomic mass is 16.5. The normalized spacial score (nSPS) is 13.1. The Bertz CT molecular complexity index is 1110. The zero-order valence-electron chi connectivity index (χ0n) is 19.9. The van der Waals surface area contributed by atoms with Gasteiger partial charge in [-0.25, -0.2) is 0 Å². The molecule has 0 amide bonds. The zero-order chi connectivity index (χ0) is 24.0. The van der Waals surface area contributed by atoms with Crippen LogP contribution in [0.1, 0.15) is 63.3 Å². The molecule has 0 saturated carbocycles. The summed E-state index contributed by atoms with van der Waals surface area (Å²) in [5.41, 5.74) is 2.70. The molecule has 0 aromatic heterocycles. The molecule has 0 bridgehead atoms. The maximum Gasteiger partial charge on any atom is 0.315 e. The van der Waals surface area contributed by atoms with Crippen LogP contribution < -0.4 is 4.74 Å². The number of carbonyl (C=O) groups excluding carboxylic acids is 1. The van der Waals surface area contributed by atoms with E-state index >= 15 is 0 Å². The van der Waals surface area contributed by atoms with Crippen LogP contribution in [0.25, 0.3) is 0 Å². The number of nitriles is 1. The maximum atomic E-state index is 13.2. The van der Waals surface area contributed by atoms with E-state index in [0.29, 0.717) is 17.1 Å². The molecule has 3 aromatic rings. The first-order valence-corrected chi connectivity index (χ1v) is 11.2. The monoisotopic (exact) mass is 441 g/mol. The van der Waals surface area contributed by atoms with E-state index in [1.54, 1.807) is 24.3 Å². The van der Waals surface area contributed by atoms with E-state index in [2.05, 4.69) is 39.0 Å². The molecule has 3 rings (SSSR count). The molecular formula is C29H31NO3. The van der Waals surface area contributed by atoms with Crippen molar-refractivity contribution in [2.75, 3.05) is 0 Å². The summed E-state index contributed by atoms with van der Waals surface area (Å²) in [7, 11) is 0. The van der Waals surface area contributed by atoms with Gasteiger partial charge < -0.3 is 9.47 Å². The first-order valence-electron chi connectivity index (χ1n) is 11.2. The van der Waals surface area contributed by atoms with Crippen molar-refractivity contribution in [2.24, 2.45) is 5.92 Å². The van der Waals surface area contributed by atoms with Crippen LogP contribution in [0.3, 0.4) is 0 Å². The highest BCUT2D eigenvalue weighted by Gasteiger charge is 2.29. The number of para-hydroxylation sites is 1. The number of carbonyl (C=O) groups is 1. The van der Waals surface area contributed by atoms with Crippen LogP contribution in [-0.2, 0) is 14.9 Å². The van der Waals surface area contributed by atoms with Gasteiger partial charge >= 0.3 is 5.97 Å². The Morgan fingerprint density at radius 2 is 1.48 bits per heavy atom. The van der Waals surface area contributed by atoms with Gasteiger partial charge in [0.15, 0.2) is 0 Å². The van der Waals surface area contributed by atoms with Gasteiger partial charge in [0.25, 0.3) is 0 Å². The highest BCUT2D eigenvalue weighted by molar-refractivity contribution is 5.79. The fourth-order valence-corrected chi connectivity index (χ4v) is 3.71. The van der Waals surface area contributed by atoms with Crippen LogP contribution in [0.5, 0.6) is 11.5 Å². The standard InChI is InChI=1S/C29H31NO3/c1-20(2)27(21-14-16-23(17-15-21)29(3,4)5)28(31)33-26(19-30)22-10-9-13-25(18-22)32-24-11-7-6-8-12-24/h6-18,20,26-27H,1-5H3. The lowest BCUT2D eigenvalue weighted by molar-refractivity contribution is -0.150. The van der Waals surface area contributed by atoms with Crippen molar-refractivity contribution in [3.8, 4) is 17.6 Å². The third kappa shape index (κ3) is 6.23. The van der Waals surface area contributed by atoms with Gasteiger partial charge in [-0.05, 0) is 46.7 Å². The van der Waals surface area contributed by atoms with Crippen LogP contribution in [0.2, 0.25) is 0 Å². The number of hydrogen-bond donors (Lipinski definition) is 0. The molecule has 0 aliphatic heterocycles. The Morgan fingerprint density at radius 3 is 2.06 bits per heavy atom. The third-order valence-electron chi connectivity index (χ3n) is 5.55. The number of esters is 1. The van der Waals surface area contributed by atoms with Crippen LogP contribution in [0.4, 0.5) is 0 Å². The van der Waals surface area contributed by atoms with Gasteiger partial charge in [0.2, 0.25) is 6.10 Å².